The molecule has 0 fully saturated rings. The van der Waals surface area contributed by atoms with Crippen molar-refractivity contribution in [3.05, 3.63) is 27.1 Å². The van der Waals surface area contributed by atoms with E-state index in [0.29, 0.717) is 6.20 Å². The van der Waals surface area contributed by atoms with Crippen LogP contribution in [0.1, 0.15) is 24.3 Å². The second-order valence-corrected chi connectivity index (χ2v) is 4.19. The molecule has 8 heteroatoms. The van der Waals surface area contributed by atoms with E-state index < -0.39 is 33.6 Å². The topological polar surface area (TPSA) is 109 Å². The van der Waals surface area contributed by atoms with Crippen molar-refractivity contribution in [2.45, 2.75) is 19.9 Å². The summed E-state index contributed by atoms with van der Waals surface area (Å²) >= 11 is 5.53. The monoisotopic (exact) mass is 274 g/mol. The van der Waals surface area contributed by atoms with Gasteiger partial charge in [0.15, 0.2) is 11.4 Å². The van der Waals surface area contributed by atoms with Crippen LogP contribution in [0.4, 0.5) is 0 Å². The number of pyridine rings is 1. The molecule has 1 amide bonds. The third-order valence-corrected chi connectivity index (χ3v) is 2.31. The van der Waals surface area contributed by atoms with Crippen molar-refractivity contribution in [1.82, 2.24) is 10.0 Å². The lowest BCUT2D eigenvalue weighted by molar-refractivity contribution is -0.117. The van der Waals surface area contributed by atoms with Crippen molar-refractivity contribution < 1.29 is 19.9 Å². The smallest absolute Gasteiger partial charge is 0.294 e. The molecule has 0 radical (unpaired) electrons. The molecule has 1 aromatic rings. The third kappa shape index (κ3) is 2.62. The Hall–Kier alpha value is -2.02. The maximum absolute atomic E-state index is 11.7. The van der Waals surface area contributed by atoms with Crippen molar-refractivity contribution in [2.75, 3.05) is 0 Å². The fourth-order valence-electron chi connectivity index (χ4n) is 1.20. The number of aromatic hydroxyl groups is 1. The summed E-state index contributed by atoms with van der Waals surface area (Å²) in [7, 11) is 0. The van der Waals surface area contributed by atoms with Crippen molar-refractivity contribution >= 4 is 23.3 Å². The van der Waals surface area contributed by atoms with Gasteiger partial charge in [0, 0.05) is 6.04 Å². The standard InChI is InChI=1S/C10H11ClN2O5/c1-4(2)12-10(17)9(16)7-6(11)8(15)5(14)3-13(7)18/h3-4,14,18H,1-2H3,(H,12,17). The van der Waals surface area contributed by atoms with E-state index in [-0.39, 0.29) is 10.8 Å². The summed E-state index contributed by atoms with van der Waals surface area (Å²) in [5.41, 5.74) is -1.74. The Kier molecular flexibility index (Phi) is 3.97. The van der Waals surface area contributed by atoms with Gasteiger partial charge in [0.25, 0.3) is 11.7 Å². The van der Waals surface area contributed by atoms with E-state index in [1.165, 1.54) is 0 Å². The number of nitrogens with zero attached hydrogens (tertiary/aromatic N) is 1. The van der Waals surface area contributed by atoms with Crippen LogP contribution in [0, 0.1) is 0 Å². The summed E-state index contributed by atoms with van der Waals surface area (Å²) in [6.07, 6.45) is 0.587. The molecule has 0 saturated heterocycles. The average Bonchev–Trinajstić information content (AvgIpc) is 2.25. The minimum Gasteiger partial charge on any atom is -0.503 e. The highest BCUT2D eigenvalue weighted by molar-refractivity contribution is 6.46. The summed E-state index contributed by atoms with van der Waals surface area (Å²) in [5.74, 6) is -3.02. The number of nitrogens with one attached hydrogen (secondary N) is 1. The van der Waals surface area contributed by atoms with Crippen LogP contribution >= 0.6 is 11.6 Å². The summed E-state index contributed by atoms with van der Waals surface area (Å²) in [6, 6.07) is -0.295. The van der Waals surface area contributed by atoms with Crippen LogP contribution < -0.4 is 10.7 Å². The molecule has 98 valence electrons. The number of hydrogen-bond acceptors (Lipinski definition) is 5. The first-order chi connectivity index (χ1) is 8.25. The molecule has 7 nitrogen and oxygen atoms in total. The number of Topliss-reactive ketones (excluding diaryl/α,β-unsaturated/α-hetero) is 1. The minimum absolute atomic E-state index is 0.140. The number of amides is 1. The molecule has 0 bridgehead atoms. The van der Waals surface area contributed by atoms with E-state index >= 15 is 0 Å². The van der Waals surface area contributed by atoms with E-state index in [4.69, 9.17) is 16.7 Å². The van der Waals surface area contributed by atoms with Crippen LogP contribution in [0.2, 0.25) is 5.02 Å². The molecule has 1 heterocycles. The van der Waals surface area contributed by atoms with E-state index in [1.54, 1.807) is 13.8 Å². The normalized spacial score (nSPS) is 10.4. The van der Waals surface area contributed by atoms with Crippen LogP contribution in [-0.4, -0.2) is 32.8 Å². The van der Waals surface area contributed by atoms with Crippen molar-refractivity contribution in [1.29, 1.82) is 0 Å². The van der Waals surface area contributed by atoms with Crippen LogP contribution in [0.3, 0.4) is 0 Å². The fraction of sp³-hybridized carbons (Fsp3) is 0.300. The highest BCUT2D eigenvalue weighted by Gasteiger charge is 2.26. The van der Waals surface area contributed by atoms with E-state index in [1.807, 2.05) is 0 Å². The highest BCUT2D eigenvalue weighted by atomic mass is 35.5. The molecule has 0 aliphatic carbocycles. The molecule has 0 saturated carbocycles. The molecule has 0 aliphatic rings. The van der Waals surface area contributed by atoms with Gasteiger partial charge in [-0.15, -0.1) is 0 Å². The molecule has 1 aromatic heterocycles. The number of hydrogen-bond donors (Lipinski definition) is 3. The molecule has 0 atom stereocenters. The second-order valence-electron chi connectivity index (χ2n) is 3.81. The number of aromatic nitrogens is 1. The second kappa shape index (κ2) is 5.09. The quantitative estimate of drug-likeness (QED) is 0.413. The van der Waals surface area contributed by atoms with Crippen LogP contribution in [0.25, 0.3) is 0 Å². The zero-order chi connectivity index (χ0) is 14.0. The zero-order valence-corrected chi connectivity index (χ0v) is 10.4. The summed E-state index contributed by atoms with van der Waals surface area (Å²) < 4.78 is 0.140. The van der Waals surface area contributed by atoms with Crippen LogP contribution in [-0.2, 0) is 4.79 Å². The number of carbonyl (C=O) groups is 2. The van der Waals surface area contributed by atoms with Crippen molar-refractivity contribution in [3.8, 4) is 5.75 Å². The van der Waals surface area contributed by atoms with Crippen LogP contribution in [0.15, 0.2) is 11.0 Å². The Morgan fingerprint density at radius 2 is 2.00 bits per heavy atom. The third-order valence-electron chi connectivity index (χ3n) is 1.95. The first-order valence-electron chi connectivity index (χ1n) is 4.94. The minimum atomic E-state index is -1.17. The molecule has 18 heavy (non-hydrogen) atoms. The Labute approximate surface area is 107 Å². The fourth-order valence-corrected chi connectivity index (χ4v) is 1.47. The SMILES string of the molecule is CC(C)NC(=O)C(=O)c1c(Cl)c(=O)c(O)cn1O. The molecule has 0 spiro atoms. The number of ketones is 1. The molecular formula is C10H11ClN2O5. The number of carbonyl (C=O) groups excluding carboxylic acids is 2. The zero-order valence-electron chi connectivity index (χ0n) is 9.60. The summed E-state index contributed by atoms with van der Waals surface area (Å²) in [5, 5.41) is 20.0. The summed E-state index contributed by atoms with van der Waals surface area (Å²) in [6.45, 7) is 3.27. The van der Waals surface area contributed by atoms with Gasteiger partial charge in [0.1, 0.15) is 5.02 Å². The Morgan fingerprint density at radius 1 is 1.44 bits per heavy atom. The maximum atomic E-state index is 11.7. The van der Waals surface area contributed by atoms with Gasteiger partial charge >= 0.3 is 0 Å². The Bertz CT molecular complexity index is 564. The predicted octanol–water partition coefficient (Wildman–Crippen LogP) is 0.152. The Morgan fingerprint density at radius 3 is 2.50 bits per heavy atom. The van der Waals surface area contributed by atoms with Gasteiger partial charge in [-0.1, -0.05) is 11.6 Å². The van der Waals surface area contributed by atoms with Gasteiger partial charge in [-0.05, 0) is 13.8 Å². The van der Waals surface area contributed by atoms with Gasteiger partial charge in [-0.2, -0.15) is 4.73 Å². The Balaban J connectivity index is 3.26. The largest absolute Gasteiger partial charge is 0.503 e. The number of rotatable bonds is 3. The summed E-state index contributed by atoms with van der Waals surface area (Å²) in [4.78, 5) is 34.4. The van der Waals surface area contributed by atoms with Gasteiger partial charge in [0.05, 0.1) is 6.20 Å². The van der Waals surface area contributed by atoms with Crippen molar-refractivity contribution in [2.24, 2.45) is 0 Å². The average molecular weight is 275 g/mol. The van der Waals surface area contributed by atoms with E-state index in [0.717, 1.165) is 0 Å². The molecule has 0 aliphatic heterocycles. The molecule has 3 N–H and O–H groups in total. The molecular weight excluding hydrogens is 264 g/mol. The molecule has 1 rings (SSSR count). The molecule has 0 aromatic carbocycles. The van der Waals surface area contributed by atoms with Gasteiger partial charge in [-0.3, -0.25) is 14.4 Å². The lowest BCUT2D eigenvalue weighted by Crippen LogP contribution is -2.37. The first kappa shape index (κ1) is 14.0. The number of halogens is 1. The lowest BCUT2D eigenvalue weighted by atomic mass is 10.2. The van der Waals surface area contributed by atoms with Crippen molar-refractivity contribution in [3.63, 3.8) is 0 Å². The highest BCUT2D eigenvalue weighted by Crippen LogP contribution is 2.15. The van der Waals surface area contributed by atoms with Crippen LogP contribution in [0.5, 0.6) is 5.75 Å². The van der Waals surface area contributed by atoms with E-state index in [2.05, 4.69) is 5.32 Å². The molecule has 0 unspecified atom stereocenters. The lowest BCUT2D eigenvalue weighted by Gasteiger charge is -2.10. The predicted molar refractivity (Wildman–Crippen MR) is 62.2 cm³/mol. The first-order valence-corrected chi connectivity index (χ1v) is 5.32. The van der Waals surface area contributed by atoms with Gasteiger partial charge < -0.3 is 15.6 Å². The van der Waals surface area contributed by atoms with Gasteiger partial charge in [0.2, 0.25) is 5.43 Å². The van der Waals surface area contributed by atoms with Gasteiger partial charge in [-0.25, -0.2) is 0 Å². The van der Waals surface area contributed by atoms with E-state index in [9.17, 15) is 19.6 Å². The maximum Gasteiger partial charge on any atom is 0.294 e.